The molecule has 0 N–H and O–H groups in total. The summed E-state index contributed by atoms with van der Waals surface area (Å²) in [6.45, 7) is 1.50. The van der Waals surface area contributed by atoms with E-state index >= 15 is 0 Å². The minimum atomic E-state index is 0.125. The number of aryl methyl sites for hydroxylation is 2. The van der Waals surface area contributed by atoms with Crippen LogP contribution in [-0.4, -0.2) is 33.9 Å². The molecule has 3 aromatic rings. The largest absolute Gasteiger partial charge is 0.619 e. The van der Waals surface area contributed by atoms with Crippen LogP contribution in [0.1, 0.15) is 46.8 Å². The summed E-state index contributed by atoms with van der Waals surface area (Å²) < 4.78 is 0.740. The smallest absolute Gasteiger partial charge is 0.226 e. The van der Waals surface area contributed by atoms with Gasteiger partial charge >= 0.3 is 0 Å². The maximum absolute atomic E-state index is 12.8. The number of pyridine rings is 3. The van der Waals surface area contributed by atoms with Crippen molar-refractivity contribution < 1.29 is 9.52 Å². The van der Waals surface area contributed by atoms with Gasteiger partial charge in [-0.25, -0.2) is 0 Å². The van der Waals surface area contributed by atoms with E-state index in [-0.39, 0.29) is 11.8 Å². The van der Waals surface area contributed by atoms with Gasteiger partial charge in [-0.05, 0) is 60.4 Å². The molecule has 0 atom stereocenters. The first-order chi connectivity index (χ1) is 15.2. The molecule has 1 amide bonds. The lowest BCUT2D eigenvalue weighted by atomic mass is 9.78. The normalized spacial score (nSPS) is 17.0. The third-order valence-corrected chi connectivity index (χ3v) is 6.70. The molecule has 0 radical (unpaired) electrons. The van der Waals surface area contributed by atoms with Gasteiger partial charge < -0.3 is 10.1 Å². The van der Waals surface area contributed by atoms with Crippen molar-refractivity contribution in [2.45, 2.75) is 38.0 Å². The zero-order valence-corrected chi connectivity index (χ0v) is 17.5. The molecule has 5 rings (SSSR count). The number of rotatable bonds is 3. The molecule has 6 heteroatoms. The van der Waals surface area contributed by atoms with Gasteiger partial charge in [-0.1, -0.05) is 12.1 Å². The van der Waals surface area contributed by atoms with Crippen molar-refractivity contribution in [3.8, 4) is 0 Å². The highest BCUT2D eigenvalue weighted by atomic mass is 16.5. The van der Waals surface area contributed by atoms with Crippen molar-refractivity contribution in [1.82, 2.24) is 14.9 Å². The number of carbonyl (C=O) groups excluding carboxylic acids is 1. The third kappa shape index (κ3) is 4.02. The molecule has 6 nitrogen and oxygen atoms in total. The molecule has 1 aliphatic carbocycles. The number of aromatic nitrogens is 3. The zero-order valence-electron chi connectivity index (χ0n) is 17.5. The molecule has 1 fully saturated rings. The number of fused-ring (bicyclic) bond motifs is 2. The van der Waals surface area contributed by atoms with Crippen molar-refractivity contribution in [3.05, 3.63) is 94.5 Å². The first-order valence-electron chi connectivity index (χ1n) is 11.0. The molecule has 158 valence electrons. The Morgan fingerprint density at radius 2 is 1.55 bits per heavy atom. The fourth-order valence-corrected chi connectivity index (χ4v) is 5.06. The summed E-state index contributed by atoms with van der Waals surface area (Å²) in [7, 11) is 0. The first-order valence-corrected chi connectivity index (χ1v) is 11.0. The van der Waals surface area contributed by atoms with Crippen molar-refractivity contribution in [2.24, 2.45) is 5.92 Å². The fraction of sp³-hybridized carbons (Fsp3) is 0.360. The Labute approximate surface area is 182 Å². The number of hydrogen-bond acceptors (Lipinski definition) is 4. The Balaban J connectivity index is 1.33. The van der Waals surface area contributed by atoms with Crippen LogP contribution in [0.2, 0.25) is 0 Å². The van der Waals surface area contributed by atoms with Crippen LogP contribution in [0, 0.1) is 11.1 Å². The molecule has 1 aliphatic heterocycles. The Morgan fingerprint density at radius 3 is 2.13 bits per heavy atom. The van der Waals surface area contributed by atoms with Crippen molar-refractivity contribution in [1.29, 1.82) is 0 Å². The zero-order chi connectivity index (χ0) is 21.2. The standard InChI is InChI=1S/C25H26N4O2/c30-22(17-18-7-15-29(31)16-8-18)28-13-9-19(10-14-28)23-24-20(3-1-11-26-24)5-6-21-4-2-12-27-25(21)23/h1-4,7-8,11-12,15-16,19,23H,5-6,9-10,13-14,17H2. The van der Waals surface area contributed by atoms with E-state index in [1.165, 1.54) is 34.9 Å². The summed E-state index contributed by atoms with van der Waals surface area (Å²) in [5.74, 6) is 0.731. The number of hydrogen-bond donors (Lipinski definition) is 0. The minimum Gasteiger partial charge on any atom is -0.619 e. The van der Waals surface area contributed by atoms with E-state index in [1.54, 1.807) is 12.1 Å². The number of nitrogens with zero attached hydrogens (tertiary/aromatic N) is 4. The van der Waals surface area contributed by atoms with Crippen LogP contribution in [0.15, 0.2) is 61.2 Å². The molecule has 0 bridgehead atoms. The van der Waals surface area contributed by atoms with E-state index in [2.05, 4.69) is 12.1 Å². The van der Waals surface area contributed by atoms with Crippen molar-refractivity contribution in [3.63, 3.8) is 0 Å². The third-order valence-electron chi connectivity index (χ3n) is 6.70. The molecule has 1 saturated heterocycles. The number of amides is 1. The van der Waals surface area contributed by atoms with E-state index in [1.807, 2.05) is 29.4 Å². The SMILES string of the molecule is O=C(Cc1cc[n+]([O-])cc1)N1CCC(C2c3ncccc3CCc3cccnc32)CC1. The highest BCUT2D eigenvalue weighted by molar-refractivity contribution is 5.78. The van der Waals surface area contributed by atoms with E-state index in [0.29, 0.717) is 12.3 Å². The summed E-state index contributed by atoms with van der Waals surface area (Å²) in [6.07, 6.45) is 10.9. The lowest BCUT2D eigenvalue weighted by Gasteiger charge is -2.36. The van der Waals surface area contributed by atoms with Gasteiger partial charge in [0, 0.05) is 43.5 Å². The van der Waals surface area contributed by atoms with Gasteiger partial charge in [-0.3, -0.25) is 14.8 Å². The molecule has 0 spiro atoms. The molecule has 4 heterocycles. The summed E-state index contributed by atoms with van der Waals surface area (Å²) in [5, 5.41) is 11.2. The van der Waals surface area contributed by atoms with Gasteiger partial charge in [0.1, 0.15) is 0 Å². The van der Waals surface area contributed by atoms with Gasteiger partial charge in [0.15, 0.2) is 12.4 Å². The first kappa shape index (κ1) is 19.7. The van der Waals surface area contributed by atoms with Crippen molar-refractivity contribution >= 4 is 5.91 Å². The lowest BCUT2D eigenvalue weighted by molar-refractivity contribution is -0.605. The summed E-state index contributed by atoms with van der Waals surface area (Å²) in [4.78, 5) is 24.4. The Kier molecular flexibility index (Phi) is 5.37. The molecule has 0 aromatic carbocycles. The Morgan fingerprint density at radius 1 is 0.968 bits per heavy atom. The topological polar surface area (TPSA) is 73.0 Å². The van der Waals surface area contributed by atoms with Gasteiger partial charge in [0.25, 0.3) is 0 Å². The number of piperidine rings is 1. The highest BCUT2D eigenvalue weighted by Gasteiger charge is 2.35. The minimum absolute atomic E-state index is 0.125. The summed E-state index contributed by atoms with van der Waals surface area (Å²) >= 11 is 0. The van der Waals surface area contributed by atoms with Crippen LogP contribution in [-0.2, 0) is 24.1 Å². The predicted octanol–water partition coefficient (Wildman–Crippen LogP) is 2.82. The van der Waals surface area contributed by atoms with Gasteiger partial charge in [-0.2, -0.15) is 4.73 Å². The van der Waals surface area contributed by atoms with E-state index in [0.717, 1.165) is 49.1 Å². The average Bonchev–Trinajstić information content (AvgIpc) is 2.98. The van der Waals surface area contributed by atoms with Crippen LogP contribution >= 0.6 is 0 Å². The number of carbonyl (C=O) groups is 1. The van der Waals surface area contributed by atoms with E-state index in [9.17, 15) is 10.0 Å². The maximum atomic E-state index is 12.8. The molecule has 3 aromatic heterocycles. The molecule has 31 heavy (non-hydrogen) atoms. The highest BCUT2D eigenvalue weighted by Crippen LogP contribution is 2.41. The van der Waals surface area contributed by atoms with Crippen LogP contribution in [0.25, 0.3) is 0 Å². The monoisotopic (exact) mass is 414 g/mol. The van der Waals surface area contributed by atoms with Crippen LogP contribution in [0.5, 0.6) is 0 Å². The lowest BCUT2D eigenvalue weighted by Crippen LogP contribution is -2.41. The Hall–Kier alpha value is -3.28. The predicted molar refractivity (Wildman–Crippen MR) is 116 cm³/mol. The van der Waals surface area contributed by atoms with Gasteiger partial charge in [-0.15, -0.1) is 0 Å². The second-order valence-corrected chi connectivity index (χ2v) is 8.53. The molecular formula is C25H26N4O2. The van der Waals surface area contributed by atoms with E-state index in [4.69, 9.17) is 9.97 Å². The quantitative estimate of drug-likeness (QED) is 0.488. The average molecular weight is 415 g/mol. The van der Waals surface area contributed by atoms with Crippen LogP contribution in [0.3, 0.4) is 0 Å². The second-order valence-electron chi connectivity index (χ2n) is 8.53. The Bertz CT molecular complexity index is 1030. The van der Waals surface area contributed by atoms with Crippen molar-refractivity contribution in [2.75, 3.05) is 13.1 Å². The fourth-order valence-electron chi connectivity index (χ4n) is 5.06. The summed E-state index contributed by atoms with van der Waals surface area (Å²) in [6, 6.07) is 11.9. The van der Waals surface area contributed by atoms with E-state index < -0.39 is 0 Å². The number of likely N-dealkylation sites (tertiary alicyclic amines) is 1. The van der Waals surface area contributed by atoms with Gasteiger partial charge in [0.2, 0.25) is 5.91 Å². The second kappa shape index (κ2) is 8.46. The summed E-state index contributed by atoms with van der Waals surface area (Å²) in [5.41, 5.74) is 5.85. The molecule has 0 unspecified atom stereocenters. The maximum Gasteiger partial charge on any atom is 0.226 e. The molecule has 0 saturated carbocycles. The van der Waals surface area contributed by atoms with Crippen LogP contribution < -0.4 is 4.73 Å². The van der Waals surface area contributed by atoms with Gasteiger partial charge in [0.05, 0.1) is 17.8 Å². The molecule has 2 aliphatic rings. The van der Waals surface area contributed by atoms with Crippen LogP contribution in [0.4, 0.5) is 0 Å². The molecular weight excluding hydrogens is 388 g/mol.